The van der Waals surface area contributed by atoms with Crippen LogP contribution in [0.25, 0.3) is 0 Å². The van der Waals surface area contributed by atoms with Gasteiger partial charge in [0.1, 0.15) is 6.07 Å². The molecule has 4 N–H and O–H groups in total. The van der Waals surface area contributed by atoms with Crippen LogP contribution in [-0.2, 0) is 0 Å². The molecule has 0 fully saturated rings. The van der Waals surface area contributed by atoms with Crippen molar-refractivity contribution in [3.63, 3.8) is 0 Å². The molecular formula is C9H7Cl2N5. The van der Waals surface area contributed by atoms with Crippen LogP contribution >= 0.6 is 23.2 Å². The van der Waals surface area contributed by atoms with Crippen molar-refractivity contribution < 1.29 is 0 Å². The van der Waals surface area contributed by atoms with Gasteiger partial charge < -0.3 is 5.73 Å². The molecule has 0 aliphatic carbocycles. The number of rotatable bonds is 3. The number of nitriles is 1. The molecule has 0 aromatic heterocycles. The van der Waals surface area contributed by atoms with E-state index in [9.17, 15) is 0 Å². The molecule has 1 aromatic rings. The minimum absolute atomic E-state index is 0.203. The van der Waals surface area contributed by atoms with Crippen LogP contribution in [0.15, 0.2) is 23.3 Å². The van der Waals surface area contributed by atoms with Crippen LogP contribution in [0, 0.1) is 16.7 Å². The topological polar surface area (TPSA) is 98.0 Å². The van der Waals surface area contributed by atoms with Crippen molar-refractivity contribution >= 4 is 40.4 Å². The number of hydrazone groups is 1. The van der Waals surface area contributed by atoms with Crippen molar-refractivity contribution in [1.29, 1.82) is 10.7 Å². The standard InChI is InChI=1S/C9H7Cl2N5/c10-6-2-1-5(3-7(6)11)15-16-8(4-12)9(13)14/h1-3,15H,(H3,13,14)/b16-8+. The minimum Gasteiger partial charge on any atom is -0.382 e. The molecule has 0 radical (unpaired) electrons. The van der Waals surface area contributed by atoms with E-state index >= 15 is 0 Å². The highest BCUT2D eigenvalue weighted by Crippen LogP contribution is 2.24. The van der Waals surface area contributed by atoms with Gasteiger partial charge in [-0.1, -0.05) is 23.2 Å². The Hall–Kier alpha value is -1.77. The summed E-state index contributed by atoms with van der Waals surface area (Å²) in [5.74, 6) is -0.407. The second-order valence-corrected chi connectivity index (χ2v) is 3.54. The maximum Gasteiger partial charge on any atom is 0.201 e. The number of hydrogen-bond donors (Lipinski definition) is 3. The van der Waals surface area contributed by atoms with E-state index in [0.29, 0.717) is 15.7 Å². The van der Waals surface area contributed by atoms with Crippen LogP contribution in [0.5, 0.6) is 0 Å². The molecule has 0 atom stereocenters. The van der Waals surface area contributed by atoms with E-state index in [1.165, 1.54) is 0 Å². The molecule has 5 nitrogen and oxygen atoms in total. The van der Waals surface area contributed by atoms with Gasteiger partial charge in [0.15, 0.2) is 5.84 Å². The number of nitrogens with two attached hydrogens (primary N) is 1. The number of halogens is 2. The van der Waals surface area contributed by atoms with Crippen molar-refractivity contribution in [3.05, 3.63) is 28.2 Å². The molecule has 0 aliphatic rings. The van der Waals surface area contributed by atoms with E-state index in [-0.39, 0.29) is 5.71 Å². The first-order chi connectivity index (χ1) is 7.54. The average molecular weight is 256 g/mol. The fourth-order valence-corrected chi connectivity index (χ4v) is 1.13. The van der Waals surface area contributed by atoms with Crippen LogP contribution in [0.3, 0.4) is 0 Å². The van der Waals surface area contributed by atoms with Gasteiger partial charge >= 0.3 is 0 Å². The van der Waals surface area contributed by atoms with Crippen LogP contribution in [0.4, 0.5) is 5.69 Å². The number of nitrogens with one attached hydrogen (secondary N) is 2. The number of anilines is 1. The lowest BCUT2D eigenvalue weighted by Crippen LogP contribution is -2.21. The summed E-state index contributed by atoms with van der Waals surface area (Å²) >= 11 is 11.5. The van der Waals surface area contributed by atoms with Gasteiger partial charge in [0.25, 0.3) is 0 Å². The van der Waals surface area contributed by atoms with E-state index < -0.39 is 5.84 Å². The molecule has 1 aromatic carbocycles. The highest BCUT2D eigenvalue weighted by atomic mass is 35.5. The zero-order chi connectivity index (χ0) is 12.1. The molecule has 0 saturated carbocycles. The fraction of sp³-hybridized carbons (Fsp3) is 0. The van der Waals surface area contributed by atoms with E-state index in [0.717, 1.165) is 0 Å². The fourth-order valence-electron chi connectivity index (χ4n) is 0.832. The molecule has 0 bridgehead atoms. The maximum absolute atomic E-state index is 8.58. The Bertz CT molecular complexity index is 489. The summed E-state index contributed by atoms with van der Waals surface area (Å²) in [6.45, 7) is 0. The summed E-state index contributed by atoms with van der Waals surface area (Å²) in [6, 6.07) is 6.44. The van der Waals surface area contributed by atoms with Crippen molar-refractivity contribution in [2.45, 2.75) is 0 Å². The third-order valence-corrected chi connectivity index (χ3v) is 2.32. The molecule has 82 valence electrons. The lowest BCUT2D eigenvalue weighted by atomic mass is 10.3. The number of benzene rings is 1. The Balaban J connectivity index is 2.86. The van der Waals surface area contributed by atoms with E-state index in [2.05, 4.69) is 10.5 Å². The van der Waals surface area contributed by atoms with Crippen LogP contribution in [-0.4, -0.2) is 11.5 Å². The first kappa shape index (κ1) is 12.3. The third-order valence-electron chi connectivity index (χ3n) is 1.58. The molecule has 0 heterocycles. The Kier molecular flexibility index (Phi) is 4.11. The quantitative estimate of drug-likeness (QED) is 0.439. The monoisotopic (exact) mass is 255 g/mol. The number of nitrogens with zero attached hydrogens (tertiary/aromatic N) is 2. The van der Waals surface area contributed by atoms with Crippen molar-refractivity contribution in [3.8, 4) is 6.07 Å². The van der Waals surface area contributed by atoms with Crippen molar-refractivity contribution in [2.75, 3.05) is 5.43 Å². The molecule has 0 saturated heterocycles. The largest absolute Gasteiger partial charge is 0.382 e. The molecule has 1 rings (SSSR count). The van der Waals surface area contributed by atoms with Gasteiger partial charge in [-0.2, -0.15) is 10.4 Å². The molecule has 0 unspecified atom stereocenters. The summed E-state index contributed by atoms with van der Waals surface area (Å²) in [5.41, 5.74) is 8.00. The Morgan fingerprint density at radius 2 is 2.12 bits per heavy atom. The Labute approximate surface area is 102 Å². The number of hydrogen-bond acceptors (Lipinski definition) is 4. The van der Waals surface area contributed by atoms with Gasteiger partial charge in [0.05, 0.1) is 15.7 Å². The Morgan fingerprint density at radius 1 is 1.44 bits per heavy atom. The third kappa shape index (κ3) is 3.12. The molecule has 0 aliphatic heterocycles. The molecular weight excluding hydrogens is 249 g/mol. The van der Waals surface area contributed by atoms with Crippen LogP contribution < -0.4 is 11.2 Å². The first-order valence-corrected chi connectivity index (χ1v) is 4.83. The summed E-state index contributed by atoms with van der Waals surface area (Å²) in [7, 11) is 0. The first-order valence-electron chi connectivity index (χ1n) is 4.08. The van der Waals surface area contributed by atoms with Gasteiger partial charge in [0, 0.05) is 0 Å². The normalized spacial score (nSPS) is 10.7. The SMILES string of the molecule is N#C/C(=N\Nc1ccc(Cl)c(Cl)c1)C(=N)N. The molecule has 7 heteroatoms. The van der Waals surface area contributed by atoms with Crippen LogP contribution in [0.2, 0.25) is 10.0 Å². The second kappa shape index (κ2) is 5.35. The van der Waals surface area contributed by atoms with Gasteiger partial charge in [-0.05, 0) is 18.2 Å². The van der Waals surface area contributed by atoms with E-state index in [1.807, 2.05) is 0 Å². The highest BCUT2D eigenvalue weighted by molar-refractivity contribution is 6.46. The Morgan fingerprint density at radius 3 is 2.62 bits per heavy atom. The summed E-state index contributed by atoms with van der Waals surface area (Å²) < 4.78 is 0. The zero-order valence-corrected chi connectivity index (χ0v) is 9.47. The average Bonchev–Trinajstić information content (AvgIpc) is 2.23. The maximum atomic E-state index is 8.58. The van der Waals surface area contributed by atoms with Crippen molar-refractivity contribution in [1.82, 2.24) is 0 Å². The van der Waals surface area contributed by atoms with Crippen molar-refractivity contribution in [2.24, 2.45) is 10.8 Å². The lowest BCUT2D eigenvalue weighted by molar-refractivity contribution is 1.33. The predicted molar refractivity (Wildman–Crippen MR) is 65.0 cm³/mol. The lowest BCUT2D eigenvalue weighted by Gasteiger charge is -2.02. The highest BCUT2D eigenvalue weighted by Gasteiger charge is 2.02. The summed E-state index contributed by atoms with van der Waals surface area (Å²) in [4.78, 5) is 0. The molecule has 0 spiro atoms. The second-order valence-electron chi connectivity index (χ2n) is 2.73. The summed E-state index contributed by atoms with van der Waals surface area (Å²) in [6.07, 6.45) is 0. The zero-order valence-electron chi connectivity index (χ0n) is 7.96. The number of amidine groups is 1. The smallest absolute Gasteiger partial charge is 0.201 e. The summed E-state index contributed by atoms with van der Waals surface area (Å²) in [5, 5.41) is 20.0. The van der Waals surface area contributed by atoms with E-state index in [1.54, 1.807) is 24.3 Å². The van der Waals surface area contributed by atoms with Crippen LogP contribution in [0.1, 0.15) is 0 Å². The molecule has 0 amide bonds. The van der Waals surface area contributed by atoms with Gasteiger partial charge in [-0.15, -0.1) is 0 Å². The van der Waals surface area contributed by atoms with Gasteiger partial charge in [-0.3, -0.25) is 10.8 Å². The van der Waals surface area contributed by atoms with Gasteiger partial charge in [-0.25, -0.2) is 0 Å². The minimum atomic E-state index is -0.407. The molecule has 16 heavy (non-hydrogen) atoms. The predicted octanol–water partition coefficient (Wildman–Crippen LogP) is 2.22. The van der Waals surface area contributed by atoms with E-state index in [4.69, 9.17) is 39.6 Å². The van der Waals surface area contributed by atoms with Gasteiger partial charge in [0.2, 0.25) is 5.71 Å².